The van der Waals surface area contributed by atoms with E-state index >= 15 is 0 Å². The Bertz CT molecular complexity index is 974. The van der Waals surface area contributed by atoms with Crippen molar-refractivity contribution in [2.75, 3.05) is 6.61 Å². The third-order valence-electron chi connectivity index (χ3n) is 8.99. The molecule has 3 rings (SSSR count). The number of carbonyl (C=O) groups is 2. The number of esters is 1. The predicted molar refractivity (Wildman–Crippen MR) is 144 cm³/mol. The van der Waals surface area contributed by atoms with Gasteiger partial charge in [0.25, 0.3) is 0 Å². The van der Waals surface area contributed by atoms with Crippen molar-refractivity contribution in [3.8, 4) is 0 Å². The van der Waals surface area contributed by atoms with Gasteiger partial charge in [-0.15, -0.1) is 0 Å². The van der Waals surface area contributed by atoms with Crippen molar-refractivity contribution >= 4 is 11.8 Å². The molecule has 0 radical (unpaired) electrons. The summed E-state index contributed by atoms with van der Waals surface area (Å²) in [6.07, 6.45) is 8.94. The van der Waals surface area contributed by atoms with E-state index in [-0.39, 0.29) is 24.2 Å². The lowest BCUT2D eigenvalue weighted by Crippen LogP contribution is -2.68. The van der Waals surface area contributed by atoms with Crippen molar-refractivity contribution in [1.29, 1.82) is 0 Å². The first-order valence-corrected chi connectivity index (χ1v) is 13.4. The molecule has 1 fully saturated rings. The van der Waals surface area contributed by atoms with Crippen LogP contribution in [0.2, 0.25) is 0 Å². The number of carbonyl (C=O) groups excluding carboxylic acids is 2. The highest BCUT2D eigenvalue weighted by Gasteiger charge is 2.72. The molecule has 0 amide bonds. The largest absolute Gasteiger partial charge is 0.451 e. The molecule has 36 heavy (non-hydrogen) atoms. The van der Waals surface area contributed by atoms with Crippen molar-refractivity contribution in [3.63, 3.8) is 0 Å². The lowest BCUT2D eigenvalue weighted by Gasteiger charge is -2.49. The van der Waals surface area contributed by atoms with Crippen LogP contribution in [0.15, 0.2) is 47.1 Å². The van der Waals surface area contributed by atoms with E-state index < -0.39 is 40.5 Å². The monoisotopic (exact) mass is 501 g/mol. The zero-order valence-electron chi connectivity index (χ0n) is 23.6. The average molecular weight is 502 g/mol. The van der Waals surface area contributed by atoms with Gasteiger partial charge in [0.15, 0.2) is 11.9 Å². The second kappa shape index (κ2) is 11.2. The highest BCUT2D eigenvalue weighted by atomic mass is 16.6. The third kappa shape index (κ3) is 4.35. The molecule has 3 aliphatic carbocycles. The van der Waals surface area contributed by atoms with Gasteiger partial charge >= 0.3 is 5.97 Å². The Hall–Kier alpha value is -2.02. The Labute approximate surface area is 217 Å². The van der Waals surface area contributed by atoms with Crippen LogP contribution in [0.25, 0.3) is 0 Å². The van der Waals surface area contributed by atoms with E-state index in [0.29, 0.717) is 29.6 Å². The van der Waals surface area contributed by atoms with Crippen LogP contribution >= 0.6 is 0 Å². The molecule has 0 heterocycles. The maximum Gasteiger partial charge on any atom is 0.334 e. The SMILES string of the molecule is C/C=C\C=C(/C)C(=O)OC1C(CC)=CC23C(=O)C(C=C(CO)C(N)C12O)C(C)(C)[C@@H](C)C[C@H]3C.CC. The van der Waals surface area contributed by atoms with Crippen LogP contribution in [0.1, 0.15) is 75.2 Å². The van der Waals surface area contributed by atoms with E-state index in [1.807, 2.05) is 40.7 Å². The molecule has 7 atom stereocenters. The van der Waals surface area contributed by atoms with Gasteiger partial charge < -0.3 is 20.7 Å². The molecule has 202 valence electrons. The minimum absolute atomic E-state index is 0.110. The second-order valence-corrected chi connectivity index (χ2v) is 11.0. The Morgan fingerprint density at radius 1 is 1.22 bits per heavy atom. The van der Waals surface area contributed by atoms with Gasteiger partial charge in [-0.05, 0) is 55.1 Å². The van der Waals surface area contributed by atoms with Crippen LogP contribution in [-0.2, 0) is 14.3 Å². The van der Waals surface area contributed by atoms with Crippen molar-refractivity contribution < 1.29 is 24.5 Å². The van der Waals surface area contributed by atoms with Crippen molar-refractivity contribution in [2.45, 2.75) is 92.9 Å². The second-order valence-electron chi connectivity index (χ2n) is 11.0. The first-order chi connectivity index (χ1) is 16.8. The predicted octanol–water partition coefficient (Wildman–Crippen LogP) is 4.66. The molecule has 6 heteroatoms. The molecule has 0 aliphatic heterocycles. The summed E-state index contributed by atoms with van der Waals surface area (Å²) in [4.78, 5) is 27.5. The summed E-state index contributed by atoms with van der Waals surface area (Å²) in [6, 6.07) is -1.07. The highest BCUT2D eigenvalue weighted by molar-refractivity contribution is 5.96. The number of aliphatic hydroxyl groups is 2. The highest BCUT2D eigenvalue weighted by Crippen LogP contribution is 2.62. The van der Waals surface area contributed by atoms with E-state index in [9.17, 15) is 19.8 Å². The summed E-state index contributed by atoms with van der Waals surface area (Å²) in [5.41, 5.74) is 4.56. The van der Waals surface area contributed by atoms with Gasteiger partial charge in [-0.2, -0.15) is 0 Å². The minimum Gasteiger partial charge on any atom is -0.451 e. The number of nitrogens with two attached hydrogens (primary N) is 1. The average Bonchev–Trinajstić information content (AvgIpc) is 3.06. The number of hydrogen-bond donors (Lipinski definition) is 3. The van der Waals surface area contributed by atoms with Crippen molar-refractivity contribution in [2.24, 2.45) is 34.3 Å². The Morgan fingerprint density at radius 2 is 1.83 bits per heavy atom. The van der Waals surface area contributed by atoms with E-state index in [2.05, 4.69) is 20.8 Å². The van der Waals surface area contributed by atoms with Gasteiger partial charge in [-0.3, -0.25) is 4.79 Å². The first kappa shape index (κ1) is 30.2. The number of fused-ring (bicyclic) bond motifs is 1. The van der Waals surface area contributed by atoms with Crippen LogP contribution in [0.3, 0.4) is 0 Å². The number of ketones is 1. The molecule has 0 aromatic heterocycles. The Balaban J connectivity index is 0.00000222. The number of allylic oxidation sites excluding steroid dienone is 4. The minimum atomic E-state index is -1.91. The van der Waals surface area contributed by atoms with Gasteiger partial charge in [-0.1, -0.05) is 78.8 Å². The van der Waals surface area contributed by atoms with E-state index in [1.165, 1.54) is 0 Å². The number of hydrogen-bond acceptors (Lipinski definition) is 6. The molecule has 6 nitrogen and oxygen atoms in total. The van der Waals surface area contributed by atoms with E-state index in [0.717, 1.165) is 0 Å². The number of Topliss-reactive ketones (excluding diaryl/α,β-unsaturated/α-hetero) is 1. The molecule has 0 aromatic carbocycles. The number of ether oxygens (including phenoxy) is 1. The molecule has 0 saturated heterocycles. The fraction of sp³-hybridized carbons (Fsp3) is 0.667. The van der Waals surface area contributed by atoms with Crippen molar-refractivity contribution in [3.05, 3.63) is 47.1 Å². The van der Waals surface area contributed by atoms with Crippen LogP contribution in [0.4, 0.5) is 0 Å². The molecular weight excluding hydrogens is 454 g/mol. The maximum atomic E-state index is 14.5. The van der Waals surface area contributed by atoms with Crippen LogP contribution < -0.4 is 5.73 Å². The molecule has 4 N–H and O–H groups in total. The molecular formula is C30H47NO5. The van der Waals surface area contributed by atoms with Gasteiger partial charge in [0.2, 0.25) is 0 Å². The van der Waals surface area contributed by atoms with Crippen molar-refractivity contribution in [1.82, 2.24) is 0 Å². The number of rotatable bonds is 5. The first-order valence-electron chi connectivity index (χ1n) is 13.4. The van der Waals surface area contributed by atoms with Crippen LogP contribution in [0, 0.1) is 28.6 Å². The lowest BCUT2D eigenvalue weighted by atomic mass is 9.59. The van der Waals surface area contributed by atoms with Crippen LogP contribution in [0.5, 0.6) is 0 Å². The molecule has 1 spiro atoms. The molecule has 0 aromatic rings. The van der Waals surface area contributed by atoms with Gasteiger partial charge in [0, 0.05) is 11.5 Å². The summed E-state index contributed by atoms with van der Waals surface area (Å²) in [7, 11) is 0. The van der Waals surface area contributed by atoms with Gasteiger partial charge in [-0.25, -0.2) is 4.79 Å². The molecule has 5 unspecified atom stereocenters. The Morgan fingerprint density at radius 3 is 2.36 bits per heavy atom. The van der Waals surface area contributed by atoms with E-state index in [4.69, 9.17) is 10.5 Å². The van der Waals surface area contributed by atoms with Gasteiger partial charge in [0.1, 0.15) is 5.60 Å². The van der Waals surface area contributed by atoms with Crippen LogP contribution in [-0.4, -0.2) is 46.3 Å². The molecule has 1 saturated carbocycles. The quantitative estimate of drug-likeness (QED) is 0.219. The fourth-order valence-electron chi connectivity index (χ4n) is 6.38. The lowest BCUT2D eigenvalue weighted by molar-refractivity contribution is -0.181. The summed E-state index contributed by atoms with van der Waals surface area (Å²) in [5.74, 6) is -1.28. The molecule has 3 aliphatic rings. The summed E-state index contributed by atoms with van der Waals surface area (Å²) in [5, 5.41) is 22.9. The molecule has 2 bridgehead atoms. The smallest absolute Gasteiger partial charge is 0.334 e. The topological polar surface area (TPSA) is 110 Å². The summed E-state index contributed by atoms with van der Waals surface area (Å²) >= 11 is 0. The zero-order chi connectivity index (χ0) is 27.6. The fourth-order valence-corrected chi connectivity index (χ4v) is 6.38. The maximum absolute atomic E-state index is 14.5. The third-order valence-corrected chi connectivity index (χ3v) is 8.99. The standard InChI is InChI=1S/C28H41NO5.C2H6/c1-8-10-11-16(3)25(32)34-24-19(9-2)14-27-18(5)12-17(4)26(6,7)21(23(27)31)13-20(15-30)22(29)28(24,27)33;1-2/h8,10-11,13-14,17-18,21-22,24,30,33H,9,12,15,29H2,1-7H3;1-2H3/b10-8-,16-11+;/t17-,18+,21?,22?,24?,27?,28?;/m0./s1. The summed E-state index contributed by atoms with van der Waals surface area (Å²) < 4.78 is 5.97. The van der Waals surface area contributed by atoms with E-state index in [1.54, 1.807) is 31.2 Å². The van der Waals surface area contributed by atoms with Gasteiger partial charge in [0.05, 0.1) is 18.1 Å². The zero-order valence-corrected chi connectivity index (χ0v) is 23.6. The normalized spacial score (nSPS) is 37.7. The summed E-state index contributed by atoms with van der Waals surface area (Å²) in [6.45, 7) is 17.3. The Kier molecular flexibility index (Phi) is 9.36. The number of aliphatic hydroxyl groups excluding tert-OH is 1.